The Morgan fingerprint density at radius 1 is 1.04 bits per heavy atom. The van der Waals surface area contributed by atoms with E-state index in [-0.39, 0.29) is 11.8 Å². The van der Waals surface area contributed by atoms with Crippen molar-refractivity contribution in [2.45, 2.75) is 25.7 Å². The lowest BCUT2D eigenvalue weighted by Crippen LogP contribution is -2.45. The third kappa shape index (κ3) is 3.31. The van der Waals surface area contributed by atoms with E-state index in [0.29, 0.717) is 36.1 Å². The number of amides is 2. The first-order valence-electron chi connectivity index (χ1n) is 8.92. The molecule has 1 aromatic carbocycles. The molecule has 0 atom stereocenters. The quantitative estimate of drug-likeness (QED) is 0.781. The molecular weight excluding hydrogens is 350 g/mol. The molecule has 134 valence electrons. The summed E-state index contributed by atoms with van der Waals surface area (Å²) in [5.41, 5.74) is 3.13. The second kappa shape index (κ2) is 7.08. The Hall–Kier alpha value is -2.40. The summed E-state index contributed by atoms with van der Waals surface area (Å²) in [6, 6.07) is 11.6. The second-order valence-corrected chi connectivity index (χ2v) is 7.30. The summed E-state index contributed by atoms with van der Waals surface area (Å²) in [5, 5.41) is 3.51. The summed E-state index contributed by atoms with van der Waals surface area (Å²) in [6.45, 7) is 1.14. The maximum Gasteiger partial charge on any atom is 0.274 e. The Bertz CT molecular complexity index is 812. The van der Waals surface area contributed by atoms with Gasteiger partial charge in [0.05, 0.1) is 5.56 Å². The number of carbonyl (C=O) groups is 2. The van der Waals surface area contributed by atoms with Gasteiger partial charge in [0.25, 0.3) is 5.91 Å². The molecule has 1 fully saturated rings. The van der Waals surface area contributed by atoms with Crippen LogP contribution in [0, 0.1) is 5.92 Å². The summed E-state index contributed by atoms with van der Waals surface area (Å²) in [6.07, 6.45) is 4.59. The molecule has 0 radical (unpaired) electrons. The monoisotopic (exact) mass is 369 g/mol. The van der Waals surface area contributed by atoms with E-state index in [1.165, 1.54) is 17.3 Å². The van der Waals surface area contributed by atoms with Gasteiger partial charge in [-0.05, 0) is 48.4 Å². The molecule has 5 nitrogen and oxygen atoms in total. The van der Waals surface area contributed by atoms with Crippen LogP contribution in [0.15, 0.2) is 42.6 Å². The molecule has 0 N–H and O–H groups in total. The fourth-order valence-electron chi connectivity index (χ4n) is 3.88. The predicted octanol–water partition coefficient (Wildman–Crippen LogP) is 3.13. The predicted molar refractivity (Wildman–Crippen MR) is 98.6 cm³/mol. The molecule has 0 bridgehead atoms. The lowest BCUT2D eigenvalue weighted by Gasteiger charge is -2.28. The fraction of sp³-hybridized carbons (Fsp3) is 0.350. The molecule has 2 amide bonds. The lowest BCUT2D eigenvalue weighted by molar-refractivity contribution is -0.141. The van der Waals surface area contributed by atoms with Gasteiger partial charge in [-0.3, -0.25) is 14.6 Å². The molecule has 0 unspecified atom stereocenters. The highest BCUT2D eigenvalue weighted by molar-refractivity contribution is 6.29. The van der Waals surface area contributed by atoms with E-state index < -0.39 is 0 Å². The molecule has 1 aliphatic carbocycles. The lowest BCUT2D eigenvalue weighted by atomic mass is 10.0. The van der Waals surface area contributed by atoms with Crippen LogP contribution in [0.3, 0.4) is 0 Å². The number of carbonyl (C=O) groups excluding carboxylic acids is 2. The highest BCUT2D eigenvalue weighted by atomic mass is 35.5. The van der Waals surface area contributed by atoms with E-state index in [1.54, 1.807) is 22.2 Å². The van der Waals surface area contributed by atoms with Crippen molar-refractivity contribution in [2.24, 2.45) is 5.92 Å². The first kappa shape index (κ1) is 17.0. The topological polar surface area (TPSA) is 53.5 Å². The summed E-state index contributed by atoms with van der Waals surface area (Å²) >= 11 is 5.79. The third-order valence-electron chi connectivity index (χ3n) is 5.13. The summed E-state index contributed by atoms with van der Waals surface area (Å²) < 4.78 is 0. The molecule has 0 spiro atoms. The minimum atomic E-state index is -0.199. The van der Waals surface area contributed by atoms with Crippen molar-refractivity contribution in [1.82, 2.24) is 15.0 Å². The van der Waals surface area contributed by atoms with E-state index in [4.69, 9.17) is 11.6 Å². The molecule has 26 heavy (non-hydrogen) atoms. The van der Waals surface area contributed by atoms with Crippen molar-refractivity contribution in [1.29, 1.82) is 0 Å². The van der Waals surface area contributed by atoms with Crippen molar-refractivity contribution in [3.8, 4) is 0 Å². The van der Waals surface area contributed by atoms with E-state index in [1.807, 2.05) is 12.1 Å². The van der Waals surface area contributed by atoms with E-state index in [9.17, 15) is 9.59 Å². The number of halogens is 1. The van der Waals surface area contributed by atoms with Crippen molar-refractivity contribution >= 4 is 23.4 Å². The molecule has 2 aliphatic rings. The number of aromatic nitrogens is 1. The Kier molecular flexibility index (Phi) is 4.64. The van der Waals surface area contributed by atoms with Crippen LogP contribution in [0.25, 0.3) is 0 Å². The first-order chi connectivity index (χ1) is 12.6. The molecule has 2 aromatic rings. The van der Waals surface area contributed by atoms with Crippen LogP contribution in [0.1, 0.15) is 34.3 Å². The van der Waals surface area contributed by atoms with Gasteiger partial charge in [0.15, 0.2) is 0 Å². The summed E-state index contributed by atoms with van der Waals surface area (Å²) in [7, 11) is 0. The third-order valence-corrected chi connectivity index (χ3v) is 5.35. The molecule has 1 saturated heterocycles. The van der Waals surface area contributed by atoms with Gasteiger partial charge in [-0.15, -0.1) is 0 Å². The number of nitrogens with zero attached hydrogens (tertiary/aromatic N) is 3. The van der Waals surface area contributed by atoms with Crippen molar-refractivity contribution < 1.29 is 9.59 Å². The number of hydrogen-bond donors (Lipinski definition) is 0. The molecular formula is C20H20ClN3O2. The zero-order valence-corrected chi connectivity index (χ0v) is 15.2. The van der Waals surface area contributed by atoms with Crippen LogP contribution in [-0.4, -0.2) is 39.9 Å². The summed E-state index contributed by atoms with van der Waals surface area (Å²) in [5.74, 6) is 0.139. The molecule has 2 heterocycles. The number of hydrogen-bond acceptors (Lipinski definition) is 3. The average Bonchev–Trinajstić information content (AvgIpc) is 3.28. The van der Waals surface area contributed by atoms with Gasteiger partial charge >= 0.3 is 0 Å². The average molecular weight is 370 g/mol. The van der Waals surface area contributed by atoms with Crippen molar-refractivity contribution in [2.75, 3.05) is 13.1 Å². The molecule has 1 aromatic heterocycles. The highest BCUT2D eigenvalue weighted by Gasteiger charge is 2.33. The van der Waals surface area contributed by atoms with Crippen LogP contribution in [0.2, 0.25) is 5.15 Å². The Balaban J connectivity index is 1.42. The SMILES string of the molecule is O=C(CC1Cc2ccccc2C1)N1CCCN1C(=O)c1ccc(Cl)nc1. The maximum absolute atomic E-state index is 12.8. The van der Waals surface area contributed by atoms with Gasteiger partial charge in [0.1, 0.15) is 5.15 Å². The Morgan fingerprint density at radius 2 is 1.73 bits per heavy atom. The van der Waals surface area contributed by atoms with Gasteiger partial charge in [-0.1, -0.05) is 35.9 Å². The minimum Gasteiger partial charge on any atom is -0.273 e. The number of hydrazine groups is 1. The molecule has 1 aliphatic heterocycles. The number of pyridine rings is 1. The maximum atomic E-state index is 12.8. The number of rotatable bonds is 3. The van der Waals surface area contributed by atoms with Gasteiger partial charge in [-0.25, -0.2) is 9.99 Å². The van der Waals surface area contributed by atoms with Crippen molar-refractivity contribution in [3.63, 3.8) is 0 Å². The molecule has 4 rings (SSSR count). The van der Waals surface area contributed by atoms with Crippen molar-refractivity contribution in [3.05, 3.63) is 64.4 Å². The zero-order chi connectivity index (χ0) is 18.1. The zero-order valence-electron chi connectivity index (χ0n) is 14.4. The van der Waals surface area contributed by atoms with Gasteiger partial charge < -0.3 is 0 Å². The molecule has 6 heteroatoms. The van der Waals surface area contributed by atoms with Gasteiger partial charge in [0.2, 0.25) is 5.91 Å². The Labute approximate surface area is 157 Å². The van der Waals surface area contributed by atoms with Crippen LogP contribution >= 0.6 is 11.6 Å². The standard InChI is InChI=1S/C20H20ClN3O2/c21-18-7-6-17(13-22-18)20(26)24-9-3-8-23(24)19(25)12-14-10-15-4-1-2-5-16(15)11-14/h1-2,4-7,13-14H,3,8-12H2. The van der Waals surface area contributed by atoms with E-state index >= 15 is 0 Å². The van der Waals surface area contributed by atoms with Crippen LogP contribution in [0.5, 0.6) is 0 Å². The van der Waals surface area contributed by atoms with Gasteiger partial charge in [-0.2, -0.15) is 0 Å². The smallest absolute Gasteiger partial charge is 0.273 e. The summed E-state index contributed by atoms with van der Waals surface area (Å²) in [4.78, 5) is 29.5. The van der Waals surface area contributed by atoms with Crippen LogP contribution in [-0.2, 0) is 17.6 Å². The minimum absolute atomic E-state index is 0.0237. The highest BCUT2D eigenvalue weighted by Crippen LogP contribution is 2.29. The van der Waals surface area contributed by atoms with E-state index in [2.05, 4.69) is 17.1 Å². The van der Waals surface area contributed by atoms with E-state index in [0.717, 1.165) is 19.3 Å². The fourth-order valence-corrected chi connectivity index (χ4v) is 3.99. The Morgan fingerprint density at radius 3 is 2.38 bits per heavy atom. The second-order valence-electron chi connectivity index (χ2n) is 6.92. The van der Waals surface area contributed by atoms with Gasteiger partial charge in [0, 0.05) is 25.7 Å². The molecule has 0 saturated carbocycles. The van der Waals surface area contributed by atoms with Crippen LogP contribution < -0.4 is 0 Å². The van der Waals surface area contributed by atoms with Crippen LogP contribution in [0.4, 0.5) is 0 Å². The normalized spacial score (nSPS) is 16.8. The first-order valence-corrected chi connectivity index (χ1v) is 9.30. The largest absolute Gasteiger partial charge is 0.274 e. The number of fused-ring (bicyclic) bond motifs is 1. The number of benzene rings is 1.